The van der Waals surface area contributed by atoms with Crippen LogP contribution in [0.2, 0.25) is 5.02 Å². The lowest BCUT2D eigenvalue weighted by Crippen LogP contribution is -2.37. The molecule has 0 aliphatic carbocycles. The van der Waals surface area contributed by atoms with Crippen LogP contribution in [0.25, 0.3) is 0 Å². The minimum Gasteiger partial charge on any atom is -0.481 e. The molecular weight excluding hydrogens is 344 g/mol. The van der Waals surface area contributed by atoms with Gasteiger partial charge in [0.1, 0.15) is 5.82 Å². The zero-order chi connectivity index (χ0) is 18.0. The number of hydrogen-bond donors (Lipinski definition) is 2. The Kier molecular flexibility index (Phi) is 4.67. The Balaban J connectivity index is 1.66. The van der Waals surface area contributed by atoms with Gasteiger partial charge in [0.15, 0.2) is 0 Å². The van der Waals surface area contributed by atoms with Crippen LogP contribution in [0.15, 0.2) is 36.5 Å². The number of hydrogen-bond acceptors (Lipinski definition) is 3. The van der Waals surface area contributed by atoms with Crippen LogP contribution in [0, 0.1) is 5.41 Å². The van der Waals surface area contributed by atoms with Crippen LogP contribution in [-0.2, 0) is 11.3 Å². The number of urea groups is 1. The monoisotopic (exact) mass is 362 g/mol. The van der Waals surface area contributed by atoms with Gasteiger partial charge in [0.05, 0.1) is 18.2 Å². The first-order valence-corrected chi connectivity index (χ1v) is 8.31. The lowest BCUT2D eigenvalue weighted by Gasteiger charge is -2.20. The number of carboxylic acid groups (broad SMARTS) is 1. The molecule has 2 aromatic rings. The van der Waals surface area contributed by atoms with E-state index in [1.165, 1.54) is 4.90 Å². The third-order valence-corrected chi connectivity index (χ3v) is 4.73. The summed E-state index contributed by atoms with van der Waals surface area (Å²) in [5.41, 5.74) is 0.115. The van der Waals surface area contributed by atoms with Gasteiger partial charge in [0, 0.05) is 24.2 Å². The molecule has 1 aliphatic rings. The van der Waals surface area contributed by atoms with Crippen molar-refractivity contribution in [1.82, 2.24) is 14.7 Å². The Hall–Kier alpha value is -2.54. The lowest BCUT2D eigenvalue weighted by molar-refractivity contribution is -0.146. The van der Waals surface area contributed by atoms with E-state index >= 15 is 0 Å². The Bertz CT molecular complexity index is 789. The smallest absolute Gasteiger partial charge is 0.323 e. The van der Waals surface area contributed by atoms with Crippen LogP contribution >= 0.6 is 11.6 Å². The molecule has 1 aliphatic heterocycles. The van der Waals surface area contributed by atoms with Crippen molar-refractivity contribution in [2.75, 3.05) is 18.4 Å². The van der Waals surface area contributed by atoms with E-state index in [0.717, 1.165) is 5.56 Å². The van der Waals surface area contributed by atoms with Gasteiger partial charge in [-0.2, -0.15) is 5.10 Å². The van der Waals surface area contributed by atoms with Crippen molar-refractivity contribution in [2.45, 2.75) is 19.9 Å². The summed E-state index contributed by atoms with van der Waals surface area (Å²) in [6, 6.07) is 8.79. The Morgan fingerprint density at radius 3 is 2.68 bits per heavy atom. The van der Waals surface area contributed by atoms with Crippen LogP contribution in [0.4, 0.5) is 10.6 Å². The zero-order valence-corrected chi connectivity index (χ0v) is 14.5. The van der Waals surface area contributed by atoms with Crippen LogP contribution in [0.3, 0.4) is 0 Å². The van der Waals surface area contributed by atoms with Crippen molar-refractivity contribution in [3.8, 4) is 0 Å². The van der Waals surface area contributed by atoms with Crippen molar-refractivity contribution in [3.63, 3.8) is 0 Å². The summed E-state index contributed by atoms with van der Waals surface area (Å²) in [5.74, 6) is -0.320. The average molecular weight is 363 g/mol. The molecule has 1 saturated heterocycles. The highest BCUT2D eigenvalue weighted by Gasteiger charge is 2.42. The third-order valence-electron chi connectivity index (χ3n) is 4.47. The molecule has 25 heavy (non-hydrogen) atoms. The molecule has 1 atom stereocenters. The fourth-order valence-electron chi connectivity index (χ4n) is 2.83. The summed E-state index contributed by atoms with van der Waals surface area (Å²) in [4.78, 5) is 25.3. The number of rotatable bonds is 4. The van der Waals surface area contributed by atoms with Crippen LogP contribution in [-0.4, -0.2) is 44.9 Å². The summed E-state index contributed by atoms with van der Waals surface area (Å²) in [6.45, 7) is 2.76. The van der Waals surface area contributed by atoms with Gasteiger partial charge in [-0.3, -0.25) is 10.1 Å². The maximum absolute atomic E-state index is 12.4. The molecular formula is C17H19ClN4O3. The highest BCUT2D eigenvalue weighted by atomic mass is 35.5. The number of halogens is 1. The SMILES string of the molecule is CC1(C(=O)O)CCN(C(=O)Nc2ccnn2Cc2ccc(Cl)cc2)C1. The molecule has 1 aromatic heterocycles. The summed E-state index contributed by atoms with van der Waals surface area (Å²) >= 11 is 5.88. The Labute approximate surface area is 150 Å². The number of aliphatic carboxylic acids is 1. The third kappa shape index (κ3) is 3.76. The van der Waals surface area contributed by atoms with Gasteiger partial charge < -0.3 is 10.0 Å². The number of benzene rings is 1. The topological polar surface area (TPSA) is 87.5 Å². The van der Waals surface area contributed by atoms with Gasteiger partial charge in [0.2, 0.25) is 0 Å². The predicted octanol–water partition coefficient (Wildman–Crippen LogP) is 2.91. The summed E-state index contributed by atoms with van der Waals surface area (Å²) in [5, 5.41) is 17.0. The van der Waals surface area contributed by atoms with E-state index in [-0.39, 0.29) is 12.6 Å². The second kappa shape index (κ2) is 6.76. The van der Waals surface area contributed by atoms with Crippen molar-refractivity contribution in [3.05, 3.63) is 47.1 Å². The van der Waals surface area contributed by atoms with E-state index in [2.05, 4.69) is 10.4 Å². The standard InChI is InChI=1S/C17H19ClN4O3/c1-17(15(23)24)7-9-21(11-17)16(25)20-14-6-8-19-22(14)10-12-2-4-13(18)5-3-12/h2-6,8H,7,9-11H2,1H3,(H,20,25)(H,23,24). The van der Waals surface area contributed by atoms with Crippen molar-refractivity contribution >= 4 is 29.4 Å². The summed E-state index contributed by atoms with van der Waals surface area (Å²) in [6.07, 6.45) is 2.05. The second-order valence-corrected chi connectivity index (χ2v) is 6.90. The number of aromatic nitrogens is 2. The normalized spacial score (nSPS) is 19.8. The van der Waals surface area contributed by atoms with Crippen LogP contribution in [0.5, 0.6) is 0 Å². The second-order valence-electron chi connectivity index (χ2n) is 6.47. The first-order chi connectivity index (χ1) is 11.9. The number of likely N-dealkylation sites (tertiary alicyclic amines) is 1. The highest BCUT2D eigenvalue weighted by Crippen LogP contribution is 2.30. The molecule has 2 N–H and O–H groups in total. The van der Waals surface area contributed by atoms with E-state index in [4.69, 9.17) is 11.6 Å². The first kappa shape index (κ1) is 17.3. The number of carboxylic acids is 1. The largest absolute Gasteiger partial charge is 0.481 e. The quantitative estimate of drug-likeness (QED) is 0.875. The molecule has 0 saturated carbocycles. The molecule has 1 unspecified atom stereocenters. The summed E-state index contributed by atoms with van der Waals surface area (Å²) in [7, 11) is 0. The number of carbonyl (C=O) groups excluding carboxylic acids is 1. The number of anilines is 1. The van der Waals surface area contributed by atoms with E-state index in [9.17, 15) is 14.7 Å². The molecule has 8 heteroatoms. The van der Waals surface area contributed by atoms with Gasteiger partial charge >= 0.3 is 12.0 Å². The van der Waals surface area contributed by atoms with Gasteiger partial charge in [-0.25, -0.2) is 9.48 Å². The van der Waals surface area contributed by atoms with E-state index in [1.807, 2.05) is 12.1 Å². The minimum atomic E-state index is -0.888. The van der Waals surface area contributed by atoms with E-state index < -0.39 is 11.4 Å². The molecule has 2 amide bonds. The number of nitrogens with one attached hydrogen (secondary N) is 1. The van der Waals surface area contributed by atoms with Crippen molar-refractivity contribution in [2.24, 2.45) is 5.41 Å². The van der Waals surface area contributed by atoms with E-state index in [0.29, 0.717) is 30.4 Å². The molecule has 1 fully saturated rings. The lowest BCUT2D eigenvalue weighted by atomic mass is 9.90. The van der Waals surface area contributed by atoms with Gasteiger partial charge in [-0.15, -0.1) is 0 Å². The predicted molar refractivity (Wildman–Crippen MR) is 93.7 cm³/mol. The molecule has 1 aromatic carbocycles. The van der Waals surface area contributed by atoms with E-state index in [1.54, 1.807) is 36.0 Å². The van der Waals surface area contributed by atoms with Crippen molar-refractivity contribution in [1.29, 1.82) is 0 Å². The minimum absolute atomic E-state index is 0.194. The maximum Gasteiger partial charge on any atom is 0.323 e. The Morgan fingerprint density at radius 1 is 1.32 bits per heavy atom. The molecule has 3 rings (SSSR count). The fourth-order valence-corrected chi connectivity index (χ4v) is 2.95. The first-order valence-electron chi connectivity index (χ1n) is 7.93. The van der Waals surface area contributed by atoms with Gasteiger partial charge in [0.25, 0.3) is 0 Å². The summed E-state index contributed by atoms with van der Waals surface area (Å²) < 4.78 is 1.67. The molecule has 132 valence electrons. The van der Waals surface area contributed by atoms with Gasteiger partial charge in [-0.1, -0.05) is 23.7 Å². The molecule has 0 bridgehead atoms. The maximum atomic E-state index is 12.4. The Morgan fingerprint density at radius 2 is 2.04 bits per heavy atom. The molecule has 7 nitrogen and oxygen atoms in total. The van der Waals surface area contributed by atoms with Gasteiger partial charge in [-0.05, 0) is 31.0 Å². The fraction of sp³-hybridized carbons (Fsp3) is 0.353. The number of nitrogens with zero attached hydrogens (tertiary/aromatic N) is 3. The number of carbonyl (C=O) groups is 2. The van der Waals surface area contributed by atoms with Crippen LogP contribution < -0.4 is 5.32 Å². The number of amides is 2. The molecule has 0 radical (unpaired) electrons. The van der Waals surface area contributed by atoms with Crippen LogP contribution in [0.1, 0.15) is 18.9 Å². The zero-order valence-electron chi connectivity index (χ0n) is 13.8. The highest BCUT2D eigenvalue weighted by molar-refractivity contribution is 6.30. The molecule has 0 spiro atoms. The van der Waals surface area contributed by atoms with Crippen molar-refractivity contribution < 1.29 is 14.7 Å². The molecule has 2 heterocycles. The average Bonchev–Trinajstić information content (AvgIpc) is 3.17.